The maximum absolute atomic E-state index is 8.55. The van der Waals surface area contributed by atoms with Crippen molar-refractivity contribution in [2.45, 2.75) is 30.6 Å². The Balaban J connectivity index is 2.27. The summed E-state index contributed by atoms with van der Waals surface area (Å²) < 4.78 is 0. The van der Waals surface area contributed by atoms with Crippen LogP contribution in [0.15, 0.2) is 23.1 Å². The predicted molar refractivity (Wildman–Crippen MR) is 54.6 cm³/mol. The van der Waals surface area contributed by atoms with Crippen molar-refractivity contribution in [2.24, 2.45) is 0 Å². The zero-order valence-corrected chi connectivity index (χ0v) is 8.40. The van der Waals surface area contributed by atoms with E-state index in [1.54, 1.807) is 0 Å². The standard InChI is InChI=1S/C11H11NS/c1-8-6-10(9-2-3-9)4-5-11(8)13-7-12/h4-6,9H,2-3H2,1H3. The number of hydrogen-bond acceptors (Lipinski definition) is 2. The number of nitrogens with zero attached hydrogens (tertiary/aromatic N) is 1. The maximum Gasteiger partial charge on any atom is 0.138 e. The van der Waals surface area contributed by atoms with Gasteiger partial charge in [0.1, 0.15) is 5.40 Å². The van der Waals surface area contributed by atoms with Gasteiger partial charge in [0.05, 0.1) is 0 Å². The Hall–Kier alpha value is -0.940. The van der Waals surface area contributed by atoms with E-state index in [1.165, 1.54) is 35.7 Å². The van der Waals surface area contributed by atoms with Crippen LogP contribution >= 0.6 is 11.8 Å². The highest BCUT2D eigenvalue weighted by molar-refractivity contribution is 8.03. The van der Waals surface area contributed by atoms with Crippen LogP contribution in [0.1, 0.15) is 29.9 Å². The third-order valence-corrected chi connectivity index (χ3v) is 3.17. The lowest BCUT2D eigenvalue weighted by Gasteiger charge is -2.03. The summed E-state index contributed by atoms with van der Waals surface area (Å²) >= 11 is 1.25. The highest BCUT2D eigenvalue weighted by Crippen LogP contribution is 2.41. The lowest BCUT2D eigenvalue weighted by molar-refractivity contribution is 1.10. The molecule has 1 saturated carbocycles. The van der Waals surface area contributed by atoms with Gasteiger partial charge in [-0.3, -0.25) is 0 Å². The van der Waals surface area contributed by atoms with E-state index >= 15 is 0 Å². The monoisotopic (exact) mass is 189 g/mol. The predicted octanol–water partition coefficient (Wildman–Crippen LogP) is 3.45. The number of thioether (sulfide) groups is 1. The summed E-state index contributed by atoms with van der Waals surface area (Å²) in [7, 11) is 0. The molecule has 0 amide bonds. The third kappa shape index (κ3) is 1.87. The molecule has 2 rings (SSSR count). The van der Waals surface area contributed by atoms with Crippen molar-refractivity contribution in [1.82, 2.24) is 0 Å². The summed E-state index contributed by atoms with van der Waals surface area (Å²) in [5.41, 5.74) is 2.68. The molecule has 2 heteroatoms. The van der Waals surface area contributed by atoms with Gasteiger partial charge in [0.15, 0.2) is 0 Å². The third-order valence-electron chi connectivity index (χ3n) is 2.40. The van der Waals surface area contributed by atoms with Gasteiger partial charge in [-0.1, -0.05) is 12.1 Å². The molecule has 1 nitrogen and oxygen atoms in total. The fraction of sp³-hybridized carbons (Fsp3) is 0.364. The van der Waals surface area contributed by atoms with Crippen molar-refractivity contribution in [2.75, 3.05) is 0 Å². The van der Waals surface area contributed by atoms with Crippen LogP contribution in [0.25, 0.3) is 0 Å². The highest BCUT2D eigenvalue weighted by Gasteiger charge is 2.23. The summed E-state index contributed by atoms with van der Waals surface area (Å²) in [5.74, 6) is 0.805. The molecule has 1 aliphatic carbocycles. The van der Waals surface area contributed by atoms with Gasteiger partial charge in [-0.2, -0.15) is 5.26 Å². The Morgan fingerprint density at radius 3 is 2.77 bits per heavy atom. The van der Waals surface area contributed by atoms with E-state index in [9.17, 15) is 0 Å². The van der Waals surface area contributed by atoms with Gasteiger partial charge in [0, 0.05) is 4.90 Å². The first-order valence-corrected chi connectivity index (χ1v) is 5.29. The van der Waals surface area contributed by atoms with Crippen LogP contribution in [0, 0.1) is 17.6 Å². The molecule has 0 aliphatic heterocycles. The Morgan fingerprint density at radius 2 is 2.23 bits per heavy atom. The summed E-state index contributed by atoms with van der Waals surface area (Å²) in [4.78, 5) is 1.09. The van der Waals surface area contributed by atoms with Crippen LogP contribution in [0.2, 0.25) is 0 Å². The average molecular weight is 189 g/mol. The van der Waals surface area contributed by atoms with E-state index in [2.05, 4.69) is 30.5 Å². The largest absolute Gasteiger partial charge is 0.185 e. The minimum atomic E-state index is 0.805. The second-order valence-electron chi connectivity index (χ2n) is 3.49. The van der Waals surface area contributed by atoms with Crippen LogP contribution in [-0.4, -0.2) is 0 Å². The van der Waals surface area contributed by atoms with E-state index in [-0.39, 0.29) is 0 Å². The molecular formula is C11H11NS. The number of rotatable bonds is 2. The summed E-state index contributed by atoms with van der Waals surface area (Å²) in [6, 6.07) is 6.44. The number of aryl methyl sites for hydroxylation is 1. The van der Waals surface area contributed by atoms with E-state index in [0.29, 0.717) is 0 Å². The highest BCUT2D eigenvalue weighted by atomic mass is 32.2. The summed E-state index contributed by atoms with van der Waals surface area (Å²) in [6.45, 7) is 2.07. The van der Waals surface area contributed by atoms with Gasteiger partial charge in [0.2, 0.25) is 0 Å². The molecule has 0 spiro atoms. The van der Waals surface area contributed by atoms with Crippen LogP contribution in [0.5, 0.6) is 0 Å². The molecular weight excluding hydrogens is 178 g/mol. The molecule has 1 aromatic rings. The van der Waals surface area contributed by atoms with Crippen LogP contribution < -0.4 is 0 Å². The Morgan fingerprint density at radius 1 is 1.46 bits per heavy atom. The number of benzene rings is 1. The Kier molecular flexibility index (Phi) is 2.28. The minimum Gasteiger partial charge on any atom is -0.185 e. The minimum absolute atomic E-state index is 0.805. The van der Waals surface area contributed by atoms with Crippen molar-refractivity contribution >= 4 is 11.8 Å². The molecule has 0 bridgehead atoms. The lowest BCUT2D eigenvalue weighted by atomic mass is 10.1. The molecule has 0 atom stereocenters. The van der Waals surface area contributed by atoms with Crippen molar-refractivity contribution in [3.05, 3.63) is 29.3 Å². The van der Waals surface area contributed by atoms with E-state index < -0.39 is 0 Å². The fourth-order valence-electron chi connectivity index (χ4n) is 1.51. The topological polar surface area (TPSA) is 23.8 Å². The normalized spacial score (nSPS) is 15.4. The second-order valence-corrected chi connectivity index (χ2v) is 4.32. The number of hydrogen-bond donors (Lipinski definition) is 0. The van der Waals surface area contributed by atoms with Crippen molar-refractivity contribution in [1.29, 1.82) is 5.26 Å². The van der Waals surface area contributed by atoms with E-state index in [1.807, 2.05) is 0 Å². The molecule has 13 heavy (non-hydrogen) atoms. The van der Waals surface area contributed by atoms with E-state index in [4.69, 9.17) is 5.26 Å². The molecule has 0 N–H and O–H groups in total. The van der Waals surface area contributed by atoms with Crippen LogP contribution in [0.4, 0.5) is 0 Å². The van der Waals surface area contributed by atoms with Gasteiger partial charge in [-0.05, 0) is 54.6 Å². The van der Waals surface area contributed by atoms with Gasteiger partial charge in [-0.15, -0.1) is 0 Å². The Bertz CT molecular complexity index is 361. The average Bonchev–Trinajstić information content (AvgIpc) is 2.91. The fourth-order valence-corrected chi connectivity index (χ4v) is 1.96. The quantitative estimate of drug-likeness (QED) is 0.525. The van der Waals surface area contributed by atoms with Gasteiger partial charge < -0.3 is 0 Å². The van der Waals surface area contributed by atoms with Crippen LogP contribution in [-0.2, 0) is 0 Å². The van der Waals surface area contributed by atoms with Crippen LogP contribution in [0.3, 0.4) is 0 Å². The molecule has 0 saturated heterocycles. The first kappa shape index (κ1) is 8.65. The maximum atomic E-state index is 8.55. The van der Waals surface area contributed by atoms with Crippen molar-refractivity contribution < 1.29 is 0 Å². The van der Waals surface area contributed by atoms with Crippen molar-refractivity contribution in [3.63, 3.8) is 0 Å². The van der Waals surface area contributed by atoms with Gasteiger partial charge in [0.25, 0.3) is 0 Å². The zero-order valence-electron chi connectivity index (χ0n) is 7.58. The number of thiocyanates is 1. The molecule has 0 aromatic heterocycles. The first-order chi connectivity index (χ1) is 6.31. The molecule has 0 heterocycles. The summed E-state index contributed by atoms with van der Waals surface area (Å²) in [6.07, 6.45) is 2.67. The zero-order chi connectivity index (χ0) is 9.26. The van der Waals surface area contributed by atoms with Crippen molar-refractivity contribution in [3.8, 4) is 5.40 Å². The molecule has 66 valence electrons. The molecule has 1 aliphatic rings. The summed E-state index contributed by atoms with van der Waals surface area (Å²) in [5, 5.41) is 10.7. The molecule has 0 radical (unpaired) electrons. The molecule has 1 fully saturated rings. The first-order valence-electron chi connectivity index (χ1n) is 4.48. The molecule has 0 unspecified atom stereocenters. The lowest BCUT2D eigenvalue weighted by Crippen LogP contribution is -1.83. The Labute approximate surface area is 82.8 Å². The SMILES string of the molecule is Cc1cc(C2CC2)ccc1SC#N. The van der Waals surface area contributed by atoms with Gasteiger partial charge >= 0.3 is 0 Å². The number of nitriles is 1. The van der Waals surface area contributed by atoms with E-state index in [0.717, 1.165) is 10.8 Å². The second kappa shape index (κ2) is 3.43. The molecule has 1 aromatic carbocycles. The van der Waals surface area contributed by atoms with Gasteiger partial charge in [-0.25, -0.2) is 0 Å². The smallest absolute Gasteiger partial charge is 0.138 e.